The van der Waals surface area contributed by atoms with Crippen LogP contribution >= 0.6 is 0 Å². The third-order valence-corrected chi connectivity index (χ3v) is 3.95. The topological polar surface area (TPSA) is 69.6 Å². The molecule has 1 aromatic heterocycles. The molecule has 106 valence electrons. The molecule has 0 unspecified atom stereocenters. The summed E-state index contributed by atoms with van der Waals surface area (Å²) in [5.41, 5.74) is 0. The Morgan fingerprint density at radius 1 is 1.10 bits per heavy atom. The molecule has 7 nitrogen and oxygen atoms in total. The fourth-order valence-electron chi connectivity index (χ4n) is 2.71. The van der Waals surface area contributed by atoms with Crippen molar-refractivity contribution in [3.05, 3.63) is 18.5 Å². The lowest BCUT2D eigenvalue weighted by atomic mass is 10.2. The Morgan fingerprint density at radius 3 is 2.30 bits per heavy atom. The van der Waals surface area contributed by atoms with E-state index in [9.17, 15) is 9.59 Å². The molecule has 3 heterocycles. The van der Waals surface area contributed by atoms with Crippen molar-refractivity contribution in [1.29, 1.82) is 0 Å². The van der Waals surface area contributed by atoms with Crippen LogP contribution in [0.5, 0.6) is 0 Å². The predicted octanol–water partition coefficient (Wildman–Crippen LogP) is -0.644. The Hall–Kier alpha value is -2.02. The van der Waals surface area contributed by atoms with Gasteiger partial charge in [0, 0.05) is 45.6 Å². The fourth-order valence-corrected chi connectivity index (χ4v) is 2.71. The smallest absolute Gasteiger partial charge is 0.246 e. The van der Waals surface area contributed by atoms with E-state index in [-0.39, 0.29) is 17.9 Å². The van der Waals surface area contributed by atoms with Crippen molar-refractivity contribution in [2.75, 3.05) is 38.1 Å². The van der Waals surface area contributed by atoms with Crippen molar-refractivity contribution < 1.29 is 9.59 Å². The Balaban J connectivity index is 1.62. The molecule has 2 aliphatic heterocycles. The van der Waals surface area contributed by atoms with Gasteiger partial charge in [-0.1, -0.05) is 0 Å². The Morgan fingerprint density at radius 2 is 1.75 bits per heavy atom. The number of likely N-dealkylation sites (tertiary alicyclic amines) is 1. The summed E-state index contributed by atoms with van der Waals surface area (Å²) < 4.78 is 0. The van der Waals surface area contributed by atoms with Crippen LogP contribution in [0.3, 0.4) is 0 Å². The van der Waals surface area contributed by atoms with Gasteiger partial charge in [-0.15, -0.1) is 0 Å². The summed E-state index contributed by atoms with van der Waals surface area (Å²) in [6, 6.07) is 1.50. The van der Waals surface area contributed by atoms with E-state index >= 15 is 0 Å². The SMILES string of the molecule is CN1C(=O)C[C@@H](N2CCN(c3ncccn3)CC2)C1=O. The van der Waals surface area contributed by atoms with E-state index in [0.717, 1.165) is 32.1 Å². The van der Waals surface area contributed by atoms with Crippen LogP contribution in [0.15, 0.2) is 18.5 Å². The summed E-state index contributed by atoms with van der Waals surface area (Å²) in [6.45, 7) is 3.03. The lowest BCUT2D eigenvalue weighted by molar-refractivity contribution is -0.138. The number of piperazine rings is 1. The second-order valence-electron chi connectivity index (χ2n) is 5.08. The predicted molar refractivity (Wildman–Crippen MR) is 72.0 cm³/mol. The van der Waals surface area contributed by atoms with Gasteiger partial charge < -0.3 is 4.90 Å². The fraction of sp³-hybridized carbons (Fsp3) is 0.538. The number of carbonyl (C=O) groups excluding carboxylic acids is 2. The van der Waals surface area contributed by atoms with E-state index in [0.29, 0.717) is 6.42 Å². The Bertz CT molecular complexity index is 513. The van der Waals surface area contributed by atoms with Gasteiger partial charge in [0.2, 0.25) is 17.8 Å². The second kappa shape index (κ2) is 5.16. The number of aromatic nitrogens is 2. The molecule has 0 radical (unpaired) electrons. The zero-order chi connectivity index (χ0) is 14.1. The summed E-state index contributed by atoms with van der Waals surface area (Å²) in [4.78, 5) is 37.4. The molecule has 3 rings (SSSR count). The maximum Gasteiger partial charge on any atom is 0.246 e. The molecule has 1 aromatic rings. The van der Waals surface area contributed by atoms with Crippen molar-refractivity contribution in [3.63, 3.8) is 0 Å². The zero-order valence-corrected chi connectivity index (χ0v) is 11.4. The minimum Gasteiger partial charge on any atom is -0.338 e. The Labute approximate surface area is 117 Å². The molecule has 20 heavy (non-hydrogen) atoms. The van der Waals surface area contributed by atoms with Crippen LogP contribution in [-0.2, 0) is 9.59 Å². The minimum absolute atomic E-state index is 0.0839. The van der Waals surface area contributed by atoms with Crippen LogP contribution in [-0.4, -0.2) is 70.9 Å². The van der Waals surface area contributed by atoms with Gasteiger partial charge in [0.1, 0.15) is 0 Å². The quantitative estimate of drug-likeness (QED) is 0.668. The second-order valence-corrected chi connectivity index (χ2v) is 5.08. The first-order chi connectivity index (χ1) is 9.66. The average Bonchev–Trinajstić information content (AvgIpc) is 2.76. The highest BCUT2D eigenvalue weighted by Crippen LogP contribution is 2.19. The van der Waals surface area contributed by atoms with Gasteiger partial charge >= 0.3 is 0 Å². The number of nitrogens with zero attached hydrogens (tertiary/aromatic N) is 5. The molecule has 2 aliphatic rings. The van der Waals surface area contributed by atoms with Gasteiger partial charge in [0.05, 0.1) is 12.5 Å². The molecule has 2 amide bonds. The number of imide groups is 1. The molecule has 2 saturated heterocycles. The van der Waals surface area contributed by atoms with E-state index in [1.54, 1.807) is 25.5 Å². The summed E-state index contributed by atoms with van der Waals surface area (Å²) in [7, 11) is 1.55. The lowest BCUT2D eigenvalue weighted by Crippen LogP contribution is -2.52. The molecule has 0 spiro atoms. The largest absolute Gasteiger partial charge is 0.338 e. The van der Waals surface area contributed by atoms with Gasteiger partial charge in [-0.25, -0.2) is 9.97 Å². The molecule has 0 N–H and O–H groups in total. The standard InChI is InChI=1S/C13H17N5O2/c1-16-11(19)9-10(12(16)20)17-5-7-18(8-6-17)13-14-3-2-4-15-13/h2-4,10H,5-9H2,1H3/t10-/m1/s1. The number of hydrogen-bond donors (Lipinski definition) is 0. The molecule has 7 heteroatoms. The molecule has 1 atom stereocenters. The van der Waals surface area contributed by atoms with E-state index in [4.69, 9.17) is 0 Å². The third-order valence-electron chi connectivity index (χ3n) is 3.95. The number of amides is 2. The monoisotopic (exact) mass is 275 g/mol. The van der Waals surface area contributed by atoms with Crippen molar-refractivity contribution in [3.8, 4) is 0 Å². The highest BCUT2D eigenvalue weighted by Gasteiger charge is 2.40. The van der Waals surface area contributed by atoms with Gasteiger partial charge in [0.15, 0.2) is 0 Å². The van der Waals surface area contributed by atoms with E-state index in [1.165, 1.54) is 4.90 Å². The molecular formula is C13H17N5O2. The highest BCUT2D eigenvalue weighted by molar-refractivity contribution is 6.05. The maximum atomic E-state index is 12.0. The van der Waals surface area contributed by atoms with Crippen molar-refractivity contribution >= 4 is 17.8 Å². The van der Waals surface area contributed by atoms with Crippen LogP contribution in [0.25, 0.3) is 0 Å². The van der Waals surface area contributed by atoms with Gasteiger partial charge in [-0.05, 0) is 6.07 Å². The van der Waals surface area contributed by atoms with E-state index in [1.807, 2.05) is 0 Å². The number of carbonyl (C=O) groups is 2. The highest BCUT2D eigenvalue weighted by atomic mass is 16.2. The van der Waals surface area contributed by atoms with Gasteiger partial charge in [-0.2, -0.15) is 0 Å². The molecule has 0 bridgehead atoms. The zero-order valence-electron chi connectivity index (χ0n) is 11.4. The van der Waals surface area contributed by atoms with Gasteiger partial charge in [-0.3, -0.25) is 19.4 Å². The van der Waals surface area contributed by atoms with E-state index < -0.39 is 0 Å². The molecule has 0 aromatic carbocycles. The summed E-state index contributed by atoms with van der Waals surface area (Å²) in [6.07, 6.45) is 3.75. The average molecular weight is 275 g/mol. The Kier molecular flexibility index (Phi) is 3.35. The van der Waals surface area contributed by atoms with Crippen LogP contribution in [0, 0.1) is 0 Å². The van der Waals surface area contributed by atoms with Crippen molar-refractivity contribution in [1.82, 2.24) is 19.8 Å². The number of anilines is 1. The van der Waals surface area contributed by atoms with Crippen LogP contribution < -0.4 is 4.90 Å². The molecule has 0 saturated carbocycles. The maximum absolute atomic E-state index is 12.0. The molecular weight excluding hydrogens is 258 g/mol. The number of hydrogen-bond acceptors (Lipinski definition) is 6. The van der Waals surface area contributed by atoms with Crippen LogP contribution in [0.1, 0.15) is 6.42 Å². The normalized spacial score (nSPS) is 24.6. The first-order valence-electron chi connectivity index (χ1n) is 6.73. The summed E-state index contributed by atoms with van der Waals surface area (Å²) in [5, 5.41) is 0. The lowest BCUT2D eigenvalue weighted by Gasteiger charge is -2.36. The van der Waals surface area contributed by atoms with Crippen molar-refractivity contribution in [2.24, 2.45) is 0 Å². The minimum atomic E-state index is -0.286. The van der Waals surface area contributed by atoms with Crippen LogP contribution in [0.2, 0.25) is 0 Å². The first-order valence-corrected chi connectivity index (χ1v) is 6.73. The first kappa shape index (κ1) is 13.0. The van der Waals surface area contributed by atoms with Crippen LogP contribution in [0.4, 0.5) is 5.95 Å². The van der Waals surface area contributed by atoms with Gasteiger partial charge in [0.25, 0.3) is 0 Å². The van der Waals surface area contributed by atoms with Crippen molar-refractivity contribution in [2.45, 2.75) is 12.5 Å². The summed E-state index contributed by atoms with van der Waals surface area (Å²) >= 11 is 0. The number of rotatable bonds is 2. The third kappa shape index (κ3) is 2.24. The molecule has 0 aliphatic carbocycles. The molecule has 2 fully saturated rings. The summed E-state index contributed by atoms with van der Waals surface area (Å²) in [5.74, 6) is 0.548. The van der Waals surface area contributed by atoms with E-state index in [2.05, 4.69) is 19.8 Å². The number of likely N-dealkylation sites (N-methyl/N-ethyl adjacent to an activating group) is 1.